The fraction of sp³-hybridized carbons (Fsp3) is 0.105. The molecule has 3 aromatic rings. The summed E-state index contributed by atoms with van der Waals surface area (Å²) in [7, 11) is 0. The second-order valence-electron chi connectivity index (χ2n) is 5.61. The Labute approximate surface area is 159 Å². The van der Waals surface area contributed by atoms with E-state index >= 15 is 0 Å². The molecule has 2 amide bonds. The molecule has 0 saturated carbocycles. The molecule has 0 bridgehead atoms. The van der Waals surface area contributed by atoms with Gasteiger partial charge in [0.2, 0.25) is 5.91 Å². The van der Waals surface area contributed by atoms with Crippen molar-refractivity contribution in [3.8, 4) is 11.3 Å². The van der Waals surface area contributed by atoms with Crippen LogP contribution in [0.5, 0.6) is 0 Å². The van der Waals surface area contributed by atoms with Crippen LogP contribution in [-0.2, 0) is 11.2 Å². The normalized spacial score (nSPS) is 10.4. The number of halogens is 2. The van der Waals surface area contributed by atoms with Crippen molar-refractivity contribution in [2.24, 2.45) is 0 Å². The van der Waals surface area contributed by atoms with Crippen LogP contribution in [0.4, 0.5) is 4.39 Å². The SMILES string of the molecule is O=C(CCc1ncc(-c2ccccc2F)o1)NNC(=O)c1ccc(Cl)cc1. The molecule has 0 aliphatic carbocycles. The van der Waals surface area contributed by atoms with E-state index in [1.807, 2.05) is 0 Å². The Morgan fingerprint density at radius 1 is 1.07 bits per heavy atom. The summed E-state index contributed by atoms with van der Waals surface area (Å²) in [5.74, 6) is -0.698. The molecule has 0 fully saturated rings. The topological polar surface area (TPSA) is 84.2 Å². The number of benzene rings is 2. The minimum Gasteiger partial charge on any atom is -0.441 e. The number of rotatable bonds is 5. The van der Waals surface area contributed by atoms with Gasteiger partial charge in [0.1, 0.15) is 5.82 Å². The van der Waals surface area contributed by atoms with Crippen LogP contribution in [-0.4, -0.2) is 16.8 Å². The van der Waals surface area contributed by atoms with Crippen molar-refractivity contribution in [2.45, 2.75) is 12.8 Å². The predicted molar refractivity (Wildman–Crippen MR) is 97.3 cm³/mol. The summed E-state index contributed by atoms with van der Waals surface area (Å²) >= 11 is 5.76. The maximum atomic E-state index is 13.7. The number of amides is 2. The van der Waals surface area contributed by atoms with Gasteiger partial charge in [0.15, 0.2) is 11.7 Å². The van der Waals surface area contributed by atoms with E-state index in [-0.39, 0.29) is 12.8 Å². The molecule has 0 radical (unpaired) electrons. The highest BCUT2D eigenvalue weighted by molar-refractivity contribution is 6.30. The zero-order valence-corrected chi connectivity index (χ0v) is 14.8. The zero-order chi connectivity index (χ0) is 19.2. The Kier molecular flexibility index (Phi) is 5.83. The molecular formula is C19H15ClFN3O3. The van der Waals surface area contributed by atoms with Crippen molar-refractivity contribution in [1.29, 1.82) is 0 Å². The van der Waals surface area contributed by atoms with E-state index in [9.17, 15) is 14.0 Å². The van der Waals surface area contributed by atoms with Crippen molar-refractivity contribution in [2.75, 3.05) is 0 Å². The summed E-state index contributed by atoms with van der Waals surface area (Å²) in [5.41, 5.74) is 5.29. The van der Waals surface area contributed by atoms with Gasteiger partial charge in [0.05, 0.1) is 11.8 Å². The summed E-state index contributed by atoms with van der Waals surface area (Å²) in [6.07, 6.45) is 1.66. The highest BCUT2D eigenvalue weighted by Gasteiger charge is 2.12. The first-order chi connectivity index (χ1) is 13.0. The summed E-state index contributed by atoms with van der Waals surface area (Å²) in [4.78, 5) is 27.8. The third kappa shape index (κ3) is 4.92. The second-order valence-corrected chi connectivity index (χ2v) is 6.04. The molecule has 0 unspecified atom stereocenters. The van der Waals surface area contributed by atoms with Gasteiger partial charge in [-0.15, -0.1) is 0 Å². The number of hydrogen-bond acceptors (Lipinski definition) is 4. The molecule has 0 aliphatic heterocycles. The summed E-state index contributed by atoms with van der Waals surface area (Å²) in [6.45, 7) is 0. The van der Waals surface area contributed by atoms with Gasteiger partial charge in [-0.3, -0.25) is 20.4 Å². The van der Waals surface area contributed by atoms with Gasteiger partial charge in [0, 0.05) is 23.4 Å². The average molecular weight is 388 g/mol. The minimum absolute atomic E-state index is 0.0398. The van der Waals surface area contributed by atoms with Gasteiger partial charge in [0.25, 0.3) is 5.91 Å². The Hall–Kier alpha value is -3.19. The fourth-order valence-electron chi connectivity index (χ4n) is 2.29. The van der Waals surface area contributed by atoms with Gasteiger partial charge in [-0.25, -0.2) is 9.37 Å². The number of nitrogens with zero attached hydrogens (tertiary/aromatic N) is 1. The third-order valence-corrected chi connectivity index (χ3v) is 3.93. The Morgan fingerprint density at radius 2 is 1.81 bits per heavy atom. The first-order valence-electron chi connectivity index (χ1n) is 8.07. The van der Waals surface area contributed by atoms with Crippen LogP contribution in [0.25, 0.3) is 11.3 Å². The maximum absolute atomic E-state index is 13.7. The lowest BCUT2D eigenvalue weighted by molar-refractivity contribution is -0.121. The number of carbonyl (C=O) groups excluding carboxylic acids is 2. The molecule has 1 aromatic heterocycles. The molecule has 0 saturated heterocycles. The van der Waals surface area contributed by atoms with Crippen molar-refractivity contribution >= 4 is 23.4 Å². The van der Waals surface area contributed by atoms with Crippen molar-refractivity contribution in [1.82, 2.24) is 15.8 Å². The standard InChI is InChI=1S/C19H15ClFN3O3/c20-13-7-5-12(6-8-13)19(26)24-23-17(25)9-10-18-22-11-16(27-18)14-3-1-2-4-15(14)21/h1-8,11H,9-10H2,(H,23,25)(H,24,26). The molecule has 0 atom stereocenters. The fourth-order valence-corrected chi connectivity index (χ4v) is 2.42. The number of aromatic nitrogens is 1. The number of oxazole rings is 1. The van der Waals surface area contributed by atoms with E-state index in [2.05, 4.69) is 15.8 Å². The monoisotopic (exact) mass is 387 g/mol. The van der Waals surface area contributed by atoms with Crippen LogP contribution in [0.15, 0.2) is 59.1 Å². The number of nitrogens with one attached hydrogen (secondary N) is 2. The van der Waals surface area contributed by atoms with Crippen LogP contribution in [0.3, 0.4) is 0 Å². The lowest BCUT2D eigenvalue weighted by atomic mass is 10.2. The zero-order valence-electron chi connectivity index (χ0n) is 14.0. The van der Waals surface area contributed by atoms with E-state index in [1.165, 1.54) is 12.3 Å². The second kappa shape index (κ2) is 8.46. The Bertz CT molecular complexity index is 957. The van der Waals surface area contributed by atoms with Crippen LogP contribution in [0.2, 0.25) is 5.02 Å². The van der Waals surface area contributed by atoms with Crippen LogP contribution >= 0.6 is 11.6 Å². The van der Waals surface area contributed by atoms with Gasteiger partial charge >= 0.3 is 0 Å². The molecule has 27 heavy (non-hydrogen) atoms. The van der Waals surface area contributed by atoms with Gasteiger partial charge in [-0.05, 0) is 36.4 Å². The van der Waals surface area contributed by atoms with Gasteiger partial charge in [-0.1, -0.05) is 23.7 Å². The molecule has 138 valence electrons. The average Bonchev–Trinajstić information content (AvgIpc) is 3.14. The van der Waals surface area contributed by atoms with Crippen LogP contribution in [0, 0.1) is 5.82 Å². The van der Waals surface area contributed by atoms with Crippen molar-refractivity contribution in [3.63, 3.8) is 0 Å². The number of aryl methyl sites for hydroxylation is 1. The lowest BCUT2D eigenvalue weighted by Crippen LogP contribution is -2.41. The molecular weight excluding hydrogens is 373 g/mol. The Balaban J connectivity index is 1.49. The van der Waals surface area contributed by atoms with E-state index in [1.54, 1.807) is 42.5 Å². The van der Waals surface area contributed by atoms with Gasteiger partial charge in [-0.2, -0.15) is 0 Å². The molecule has 8 heteroatoms. The molecule has 3 rings (SSSR count). The van der Waals surface area contributed by atoms with E-state index < -0.39 is 17.6 Å². The summed E-state index contributed by atoms with van der Waals surface area (Å²) in [6, 6.07) is 12.4. The molecule has 0 aliphatic rings. The quantitative estimate of drug-likeness (QED) is 0.656. The first-order valence-corrected chi connectivity index (χ1v) is 8.45. The molecule has 0 spiro atoms. The van der Waals surface area contributed by atoms with Crippen molar-refractivity contribution < 1.29 is 18.4 Å². The van der Waals surface area contributed by atoms with Crippen LogP contribution in [0.1, 0.15) is 22.7 Å². The summed E-state index contributed by atoms with van der Waals surface area (Å²) in [5, 5.41) is 0.510. The molecule has 6 nitrogen and oxygen atoms in total. The molecule has 2 N–H and O–H groups in total. The van der Waals surface area contributed by atoms with Gasteiger partial charge < -0.3 is 4.42 Å². The first kappa shape index (κ1) is 18.6. The van der Waals surface area contributed by atoms with E-state index in [4.69, 9.17) is 16.0 Å². The minimum atomic E-state index is -0.460. The van der Waals surface area contributed by atoms with Crippen LogP contribution < -0.4 is 10.9 Å². The summed E-state index contributed by atoms with van der Waals surface area (Å²) < 4.78 is 19.2. The highest BCUT2D eigenvalue weighted by atomic mass is 35.5. The predicted octanol–water partition coefficient (Wildman–Crippen LogP) is 3.53. The number of hydrazine groups is 1. The Morgan fingerprint density at radius 3 is 2.56 bits per heavy atom. The number of hydrogen-bond donors (Lipinski definition) is 2. The third-order valence-electron chi connectivity index (χ3n) is 3.68. The maximum Gasteiger partial charge on any atom is 0.269 e. The highest BCUT2D eigenvalue weighted by Crippen LogP contribution is 2.23. The molecule has 1 heterocycles. The molecule has 2 aromatic carbocycles. The smallest absolute Gasteiger partial charge is 0.269 e. The van der Waals surface area contributed by atoms with E-state index in [0.29, 0.717) is 27.8 Å². The number of carbonyl (C=O) groups is 2. The van der Waals surface area contributed by atoms with Crippen molar-refractivity contribution in [3.05, 3.63) is 77.0 Å². The van der Waals surface area contributed by atoms with E-state index in [0.717, 1.165) is 0 Å². The lowest BCUT2D eigenvalue weighted by Gasteiger charge is -2.06. The largest absolute Gasteiger partial charge is 0.441 e.